The van der Waals surface area contributed by atoms with E-state index in [9.17, 15) is 9.18 Å². The van der Waals surface area contributed by atoms with Crippen molar-refractivity contribution >= 4 is 45.6 Å². The van der Waals surface area contributed by atoms with E-state index in [2.05, 4.69) is 32.4 Å². The Morgan fingerprint density at radius 2 is 2.02 bits per heavy atom. The van der Waals surface area contributed by atoms with Crippen molar-refractivity contribution in [2.45, 2.75) is 64.7 Å². The molecule has 1 saturated heterocycles. The lowest BCUT2D eigenvalue weighted by Crippen LogP contribution is -2.39. The number of fused-ring (bicyclic) bond motifs is 1. The molecule has 2 N–H and O–H groups in total. The fraction of sp³-hybridized carbons (Fsp3) is 0.500. The van der Waals surface area contributed by atoms with Crippen molar-refractivity contribution in [3.05, 3.63) is 59.7 Å². The summed E-state index contributed by atoms with van der Waals surface area (Å²) in [6.45, 7) is 5.72. The lowest BCUT2D eigenvalue weighted by atomic mass is 9.55. The highest BCUT2D eigenvalue weighted by atomic mass is 35.5. The highest BCUT2D eigenvalue weighted by Crippen LogP contribution is 2.55. The molecule has 43 heavy (non-hydrogen) atoms. The number of halogens is 2. The van der Waals surface area contributed by atoms with Crippen molar-refractivity contribution in [3.63, 3.8) is 0 Å². The van der Waals surface area contributed by atoms with Crippen LogP contribution in [-0.2, 0) is 4.79 Å². The number of hydrogen-bond donors (Lipinski definition) is 2. The Kier molecular flexibility index (Phi) is 9.14. The summed E-state index contributed by atoms with van der Waals surface area (Å²) in [4.78, 5) is 24.3. The maximum absolute atomic E-state index is 13.7. The molecule has 0 bridgehead atoms. The number of carbonyl (C=O) groups is 1. The molecule has 1 unspecified atom stereocenters. The number of nitrogens with one attached hydrogen (secondary N) is 2. The zero-order chi connectivity index (χ0) is 29.8. The number of benzene rings is 2. The number of ether oxygens (including phenoxy) is 1. The first-order valence-corrected chi connectivity index (χ1v) is 16.1. The largest absolute Gasteiger partial charge is 0.491 e. The average Bonchev–Trinajstić information content (AvgIpc) is 3.39. The molecule has 0 radical (unpaired) electrons. The van der Waals surface area contributed by atoms with Crippen molar-refractivity contribution < 1.29 is 13.9 Å². The third kappa shape index (κ3) is 7.29. The highest BCUT2D eigenvalue weighted by molar-refractivity contribution is 6.31. The van der Waals surface area contributed by atoms with Gasteiger partial charge in [0.2, 0.25) is 5.91 Å². The summed E-state index contributed by atoms with van der Waals surface area (Å²) < 4.78 is 20.1. The topological polar surface area (TPSA) is 79.4 Å². The lowest BCUT2D eigenvalue weighted by molar-refractivity contribution is -0.111. The van der Waals surface area contributed by atoms with Crippen LogP contribution in [0.1, 0.15) is 64.7 Å². The van der Waals surface area contributed by atoms with Crippen LogP contribution in [-0.4, -0.2) is 47.0 Å². The van der Waals surface area contributed by atoms with E-state index in [0.29, 0.717) is 57.7 Å². The van der Waals surface area contributed by atoms with Crippen LogP contribution >= 0.6 is 11.6 Å². The second-order valence-corrected chi connectivity index (χ2v) is 13.3. The molecule has 9 heteroatoms. The molecule has 6 rings (SSSR count). The summed E-state index contributed by atoms with van der Waals surface area (Å²) in [5.74, 6) is 1.79. The first-order valence-electron chi connectivity index (χ1n) is 15.7. The van der Waals surface area contributed by atoms with Gasteiger partial charge in [0.15, 0.2) is 0 Å². The predicted molar refractivity (Wildman–Crippen MR) is 171 cm³/mol. The number of amides is 1. The second kappa shape index (κ2) is 13.2. The third-order valence-corrected chi connectivity index (χ3v) is 9.75. The van der Waals surface area contributed by atoms with Crippen molar-refractivity contribution in [3.8, 4) is 5.75 Å². The normalized spacial score (nSPS) is 20.5. The molecule has 1 atom stereocenters. The smallest absolute Gasteiger partial charge is 0.248 e. The molecule has 2 saturated carbocycles. The maximum Gasteiger partial charge on any atom is 0.248 e. The van der Waals surface area contributed by atoms with Crippen LogP contribution in [0.15, 0.2) is 48.8 Å². The van der Waals surface area contributed by atoms with Gasteiger partial charge in [0.25, 0.3) is 0 Å². The SMILES string of the molecule is CC1CCN(C/C=C/C(=O)Nc2cc3c(Nc4ccc(F)c(Cl)c4)ncnc3cc2OCCC2CC3(CCCCC3)C2)C1. The zero-order valence-electron chi connectivity index (χ0n) is 24.9. The number of nitrogens with zero attached hydrogens (tertiary/aromatic N) is 3. The third-order valence-electron chi connectivity index (χ3n) is 9.46. The summed E-state index contributed by atoms with van der Waals surface area (Å²) in [6, 6.07) is 8.10. The van der Waals surface area contributed by atoms with Gasteiger partial charge in [0, 0.05) is 36.3 Å². The van der Waals surface area contributed by atoms with E-state index in [1.165, 1.54) is 69.8 Å². The van der Waals surface area contributed by atoms with Crippen LogP contribution in [0.25, 0.3) is 10.9 Å². The van der Waals surface area contributed by atoms with Crippen molar-refractivity contribution in [2.24, 2.45) is 17.3 Å². The van der Waals surface area contributed by atoms with E-state index in [1.54, 1.807) is 12.1 Å². The van der Waals surface area contributed by atoms with Crippen molar-refractivity contribution in [1.29, 1.82) is 0 Å². The first kappa shape index (κ1) is 29.8. The van der Waals surface area contributed by atoms with E-state index >= 15 is 0 Å². The fourth-order valence-corrected chi connectivity index (χ4v) is 7.38. The minimum Gasteiger partial charge on any atom is -0.491 e. The standard InChI is InChI=1S/C34H41ClFN5O2/c1-23-9-14-41(21-23)13-5-6-32(42)40-30-17-26-29(37-22-38-33(26)39-25-7-8-28(36)27(35)16-25)18-31(30)43-15-10-24-19-34(20-24)11-3-2-4-12-34/h5-8,16-18,22-24H,2-4,9-15,19-21H2,1H3,(H,40,42)(H,37,38,39)/b6-5+. The van der Waals surface area contributed by atoms with Gasteiger partial charge >= 0.3 is 0 Å². The van der Waals surface area contributed by atoms with Crippen molar-refractivity contribution in [2.75, 3.05) is 36.9 Å². The molecule has 7 nitrogen and oxygen atoms in total. The van der Waals surface area contributed by atoms with Crippen LogP contribution in [0.4, 0.5) is 21.6 Å². The van der Waals surface area contributed by atoms with Crippen LogP contribution in [0.2, 0.25) is 5.02 Å². The van der Waals surface area contributed by atoms with Crippen LogP contribution in [0.3, 0.4) is 0 Å². The minimum absolute atomic E-state index is 0.0167. The summed E-state index contributed by atoms with van der Waals surface area (Å²) in [5, 5.41) is 6.95. The van der Waals surface area contributed by atoms with Gasteiger partial charge in [-0.05, 0) is 86.6 Å². The molecule has 1 spiro atoms. The Balaban J connectivity index is 1.18. The zero-order valence-corrected chi connectivity index (χ0v) is 25.6. The monoisotopic (exact) mass is 605 g/mol. The van der Waals surface area contributed by atoms with Gasteiger partial charge in [-0.15, -0.1) is 0 Å². The van der Waals surface area contributed by atoms with Crippen LogP contribution < -0.4 is 15.4 Å². The van der Waals surface area contributed by atoms with Gasteiger partial charge in [-0.1, -0.05) is 43.9 Å². The van der Waals surface area contributed by atoms with E-state index in [4.69, 9.17) is 16.3 Å². The lowest BCUT2D eigenvalue weighted by Gasteiger charge is -2.50. The number of anilines is 3. The summed E-state index contributed by atoms with van der Waals surface area (Å²) in [7, 11) is 0. The predicted octanol–water partition coefficient (Wildman–Crippen LogP) is 8.13. The Bertz CT molecular complexity index is 1480. The first-order chi connectivity index (χ1) is 20.9. The maximum atomic E-state index is 13.7. The van der Waals surface area contributed by atoms with Gasteiger partial charge in [0.1, 0.15) is 23.7 Å². The van der Waals surface area contributed by atoms with E-state index in [-0.39, 0.29) is 10.9 Å². The van der Waals surface area contributed by atoms with Crippen molar-refractivity contribution in [1.82, 2.24) is 14.9 Å². The molecule has 2 aromatic carbocycles. The van der Waals surface area contributed by atoms with Gasteiger partial charge in [-0.2, -0.15) is 0 Å². The number of rotatable bonds is 10. The molecule has 1 aromatic heterocycles. The number of aromatic nitrogens is 2. The van der Waals surface area contributed by atoms with Gasteiger partial charge in [-0.25, -0.2) is 14.4 Å². The Morgan fingerprint density at radius 3 is 2.79 bits per heavy atom. The molecule has 3 fully saturated rings. The second-order valence-electron chi connectivity index (χ2n) is 12.9. The van der Waals surface area contributed by atoms with E-state index in [1.807, 2.05) is 18.2 Å². The van der Waals surface area contributed by atoms with Gasteiger partial charge in [0.05, 0.1) is 22.8 Å². The fourth-order valence-electron chi connectivity index (χ4n) is 7.20. The molecule has 3 aromatic rings. The summed E-state index contributed by atoms with van der Waals surface area (Å²) >= 11 is 6.00. The van der Waals surface area contributed by atoms with E-state index in [0.717, 1.165) is 26.1 Å². The molecule has 1 amide bonds. The highest BCUT2D eigenvalue weighted by Gasteiger charge is 2.43. The van der Waals surface area contributed by atoms with Crippen LogP contribution in [0, 0.1) is 23.1 Å². The Hall–Kier alpha value is -3.23. The van der Waals surface area contributed by atoms with Gasteiger partial charge in [-0.3, -0.25) is 9.69 Å². The molecule has 3 aliphatic rings. The van der Waals surface area contributed by atoms with Gasteiger partial charge < -0.3 is 15.4 Å². The molecule has 2 aliphatic carbocycles. The molecular formula is C34H41ClFN5O2. The summed E-state index contributed by atoms with van der Waals surface area (Å²) in [6.07, 6.45) is 16.7. The van der Waals surface area contributed by atoms with E-state index < -0.39 is 5.82 Å². The number of hydrogen-bond acceptors (Lipinski definition) is 6. The quantitative estimate of drug-likeness (QED) is 0.227. The Morgan fingerprint density at radius 1 is 1.19 bits per heavy atom. The molecular weight excluding hydrogens is 565 g/mol. The molecule has 2 heterocycles. The summed E-state index contributed by atoms with van der Waals surface area (Å²) in [5.41, 5.74) is 2.42. The molecule has 228 valence electrons. The van der Waals surface area contributed by atoms with Crippen LogP contribution in [0.5, 0.6) is 5.75 Å². The number of likely N-dealkylation sites (tertiary alicyclic amines) is 1. The minimum atomic E-state index is -0.491. The molecule has 1 aliphatic heterocycles. The average molecular weight is 606 g/mol. The Labute approximate surface area is 258 Å². The number of carbonyl (C=O) groups excluding carboxylic acids is 1.